The first-order chi connectivity index (χ1) is 12.0. The van der Waals surface area contributed by atoms with Gasteiger partial charge in [-0.2, -0.15) is 0 Å². The lowest BCUT2D eigenvalue weighted by molar-refractivity contribution is 0.146. The zero-order chi connectivity index (χ0) is 20.1. The van der Waals surface area contributed by atoms with Crippen LogP contribution in [0.3, 0.4) is 0 Å². The predicted octanol–water partition coefficient (Wildman–Crippen LogP) is -0.477. The van der Waals surface area contributed by atoms with Gasteiger partial charge < -0.3 is 14.6 Å². The van der Waals surface area contributed by atoms with Crippen LogP contribution in [0.2, 0.25) is 0 Å². The number of aromatic nitrogens is 2. The van der Waals surface area contributed by atoms with Crippen LogP contribution in [-0.4, -0.2) is 42.8 Å². The Balaban J connectivity index is 3.02. The van der Waals surface area contributed by atoms with Crippen molar-refractivity contribution in [3.8, 4) is 0 Å². The lowest BCUT2D eigenvalue weighted by Crippen LogP contribution is -2.46. The molecule has 0 aliphatic heterocycles. The van der Waals surface area contributed by atoms with Crippen LogP contribution in [0.1, 0.15) is 27.2 Å². The molecule has 1 rings (SSSR count). The summed E-state index contributed by atoms with van der Waals surface area (Å²) < 4.78 is 33.8. The van der Waals surface area contributed by atoms with E-state index in [4.69, 9.17) is 4.74 Å². The number of aryl methyl sites for hydroxylation is 1. The lowest BCUT2D eigenvalue weighted by atomic mass is 10.0. The third-order valence-corrected chi connectivity index (χ3v) is 4.98. The molecule has 11 heteroatoms. The van der Waals surface area contributed by atoms with E-state index < -0.39 is 38.3 Å². The molecule has 0 saturated heterocycles. The van der Waals surface area contributed by atoms with Crippen LogP contribution < -0.4 is 21.3 Å². The Kier molecular flexibility index (Phi) is 7.57. The van der Waals surface area contributed by atoms with Gasteiger partial charge in [-0.1, -0.05) is 13.8 Å². The summed E-state index contributed by atoms with van der Waals surface area (Å²) in [6.07, 6.45) is 0.839. The number of sulfonamides is 1. The van der Waals surface area contributed by atoms with Gasteiger partial charge in [-0.25, -0.2) is 22.7 Å². The Labute approximate surface area is 152 Å². The van der Waals surface area contributed by atoms with E-state index in [1.165, 1.54) is 14.1 Å². The molecule has 2 N–H and O–H groups in total. The summed E-state index contributed by atoms with van der Waals surface area (Å²) in [5, 5.41) is 2.59. The number of amides is 1. The standard InChI is InChI=1S/C15H26N4O6S/c1-6-25-14(21)17-11(7-10(2)3)8-16-26(23,24)12-9-18(4)15(22)19(5)13(12)20/h9-11,16H,6-8H2,1-5H3,(H,17,21). The van der Waals surface area contributed by atoms with Gasteiger partial charge in [0.25, 0.3) is 5.56 Å². The SMILES string of the molecule is CCOC(=O)NC(CNS(=O)(=O)c1cn(C)c(=O)n(C)c1=O)CC(C)C. The van der Waals surface area contributed by atoms with Crippen molar-refractivity contribution < 1.29 is 17.9 Å². The van der Waals surface area contributed by atoms with Crippen LogP contribution in [0.4, 0.5) is 4.79 Å². The number of carbonyl (C=O) groups is 1. The van der Waals surface area contributed by atoms with Gasteiger partial charge in [0.15, 0.2) is 4.90 Å². The van der Waals surface area contributed by atoms with Crippen molar-refractivity contribution in [2.24, 2.45) is 20.0 Å². The molecule has 0 fully saturated rings. The summed E-state index contributed by atoms with van der Waals surface area (Å²) in [5.41, 5.74) is -1.55. The van der Waals surface area contributed by atoms with Gasteiger partial charge in [0.2, 0.25) is 10.0 Å². The predicted molar refractivity (Wildman–Crippen MR) is 95.5 cm³/mol. The van der Waals surface area contributed by atoms with E-state index in [0.717, 1.165) is 15.3 Å². The second-order valence-electron chi connectivity index (χ2n) is 6.29. The van der Waals surface area contributed by atoms with Crippen molar-refractivity contribution in [1.29, 1.82) is 0 Å². The van der Waals surface area contributed by atoms with Crippen molar-refractivity contribution in [2.45, 2.75) is 38.1 Å². The van der Waals surface area contributed by atoms with E-state index in [1.807, 2.05) is 13.8 Å². The van der Waals surface area contributed by atoms with Crippen LogP contribution in [0.15, 0.2) is 20.7 Å². The maximum Gasteiger partial charge on any atom is 0.407 e. The quantitative estimate of drug-likeness (QED) is 0.617. The minimum atomic E-state index is -4.17. The molecule has 10 nitrogen and oxygen atoms in total. The molecule has 1 aromatic heterocycles. The van der Waals surface area contributed by atoms with Crippen LogP contribution in [0.5, 0.6) is 0 Å². The maximum absolute atomic E-state index is 12.5. The van der Waals surface area contributed by atoms with E-state index >= 15 is 0 Å². The summed E-state index contributed by atoms with van der Waals surface area (Å²) in [4.78, 5) is 34.9. The van der Waals surface area contributed by atoms with E-state index in [0.29, 0.717) is 6.42 Å². The fourth-order valence-electron chi connectivity index (χ4n) is 2.35. The number of nitrogens with one attached hydrogen (secondary N) is 2. The Morgan fingerprint density at radius 3 is 2.42 bits per heavy atom. The highest BCUT2D eigenvalue weighted by atomic mass is 32.2. The second kappa shape index (κ2) is 8.99. The maximum atomic E-state index is 12.5. The molecule has 1 unspecified atom stereocenters. The molecule has 0 radical (unpaired) electrons. The molecule has 1 amide bonds. The van der Waals surface area contributed by atoms with E-state index in [1.54, 1.807) is 6.92 Å². The first-order valence-electron chi connectivity index (χ1n) is 8.19. The topological polar surface area (TPSA) is 128 Å². The van der Waals surface area contributed by atoms with Crippen molar-refractivity contribution in [3.63, 3.8) is 0 Å². The molecule has 1 heterocycles. The molecule has 148 valence electrons. The minimum Gasteiger partial charge on any atom is -0.450 e. The van der Waals surface area contributed by atoms with Crippen molar-refractivity contribution in [1.82, 2.24) is 19.2 Å². The minimum absolute atomic E-state index is 0.120. The van der Waals surface area contributed by atoms with Crippen LogP contribution in [-0.2, 0) is 28.9 Å². The summed E-state index contributed by atoms with van der Waals surface area (Å²) in [6.45, 7) is 5.59. The fraction of sp³-hybridized carbons (Fsp3) is 0.667. The Bertz CT molecular complexity index is 856. The Morgan fingerprint density at radius 1 is 1.27 bits per heavy atom. The molecular weight excluding hydrogens is 364 g/mol. The highest BCUT2D eigenvalue weighted by molar-refractivity contribution is 7.89. The average Bonchev–Trinajstić information content (AvgIpc) is 2.53. The number of rotatable bonds is 8. The fourth-order valence-corrected chi connectivity index (χ4v) is 3.59. The first-order valence-corrected chi connectivity index (χ1v) is 9.67. The van der Waals surface area contributed by atoms with Crippen LogP contribution >= 0.6 is 0 Å². The second-order valence-corrected chi connectivity index (χ2v) is 8.03. The monoisotopic (exact) mass is 390 g/mol. The number of carbonyl (C=O) groups excluding carboxylic acids is 1. The van der Waals surface area contributed by atoms with Crippen molar-refractivity contribution >= 4 is 16.1 Å². The summed E-state index contributed by atoms with van der Waals surface area (Å²) in [6, 6.07) is -0.514. The van der Waals surface area contributed by atoms with Gasteiger partial charge in [0.1, 0.15) is 0 Å². The third-order valence-electron chi connectivity index (χ3n) is 3.58. The van der Waals surface area contributed by atoms with Crippen LogP contribution in [0.25, 0.3) is 0 Å². The number of alkyl carbamates (subject to hydrolysis) is 1. The average molecular weight is 390 g/mol. The lowest BCUT2D eigenvalue weighted by Gasteiger charge is -2.20. The van der Waals surface area contributed by atoms with Gasteiger partial charge in [-0.15, -0.1) is 0 Å². The highest BCUT2D eigenvalue weighted by Gasteiger charge is 2.23. The number of hydrogen-bond acceptors (Lipinski definition) is 6. The first kappa shape index (κ1) is 21.9. The van der Waals surface area contributed by atoms with Gasteiger partial charge in [0.05, 0.1) is 6.61 Å². The van der Waals surface area contributed by atoms with Gasteiger partial charge in [-0.05, 0) is 19.3 Å². The van der Waals surface area contributed by atoms with Crippen molar-refractivity contribution in [2.75, 3.05) is 13.2 Å². The molecule has 1 atom stereocenters. The molecule has 0 aliphatic rings. The third kappa shape index (κ3) is 5.70. The smallest absolute Gasteiger partial charge is 0.407 e. The zero-order valence-electron chi connectivity index (χ0n) is 15.6. The van der Waals surface area contributed by atoms with E-state index in [9.17, 15) is 22.8 Å². The Morgan fingerprint density at radius 2 is 1.88 bits per heavy atom. The summed E-state index contributed by atoms with van der Waals surface area (Å²) >= 11 is 0. The van der Waals surface area contributed by atoms with Gasteiger partial charge >= 0.3 is 11.8 Å². The number of hydrogen-bond donors (Lipinski definition) is 2. The Hall–Kier alpha value is -2.14. The molecule has 0 aromatic carbocycles. The largest absolute Gasteiger partial charge is 0.450 e. The van der Waals surface area contributed by atoms with Gasteiger partial charge in [-0.3, -0.25) is 9.36 Å². The highest BCUT2D eigenvalue weighted by Crippen LogP contribution is 2.06. The summed E-state index contributed by atoms with van der Waals surface area (Å²) in [5.74, 6) is 0.192. The van der Waals surface area contributed by atoms with E-state index in [2.05, 4.69) is 10.0 Å². The van der Waals surface area contributed by atoms with E-state index in [-0.39, 0.29) is 19.1 Å². The number of ether oxygens (including phenoxy) is 1. The molecule has 0 bridgehead atoms. The summed E-state index contributed by atoms with van der Waals surface area (Å²) in [7, 11) is -1.61. The van der Waals surface area contributed by atoms with Crippen molar-refractivity contribution in [3.05, 3.63) is 27.0 Å². The van der Waals surface area contributed by atoms with Gasteiger partial charge in [0, 0.05) is 32.9 Å². The molecule has 0 aliphatic carbocycles. The molecule has 0 saturated carbocycles. The number of nitrogens with zero attached hydrogens (tertiary/aromatic N) is 2. The van der Waals surface area contributed by atoms with Crippen LogP contribution in [0, 0.1) is 5.92 Å². The normalized spacial score (nSPS) is 12.8. The molecule has 26 heavy (non-hydrogen) atoms. The molecular formula is C15H26N4O6S. The molecule has 0 spiro atoms. The zero-order valence-corrected chi connectivity index (χ0v) is 16.4. The molecule has 1 aromatic rings.